The van der Waals surface area contributed by atoms with Crippen LogP contribution in [0.25, 0.3) is 0 Å². The molecule has 1 amide bonds. The zero-order chi connectivity index (χ0) is 36.8. The molecule has 0 fully saturated rings. The Morgan fingerprint density at radius 3 is 1.76 bits per heavy atom. The first-order chi connectivity index (χ1) is 24.4. The Morgan fingerprint density at radius 2 is 1.16 bits per heavy atom. The summed E-state index contributed by atoms with van der Waals surface area (Å²) in [6.07, 6.45) is 44.6. The summed E-state index contributed by atoms with van der Waals surface area (Å²) in [5.41, 5.74) is 5.47. The molecule has 0 aromatic rings. The largest absolute Gasteiger partial charge is 0.480 e. The van der Waals surface area contributed by atoms with Gasteiger partial charge in [0.05, 0.1) is 0 Å². The van der Waals surface area contributed by atoms with Crippen molar-refractivity contribution < 1.29 is 24.2 Å². The van der Waals surface area contributed by atoms with Crippen LogP contribution in [0, 0.1) is 0 Å². The minimum absolute atomic E-state index is 0.119. The normalized spacial score (nSPS) is 13.2. The minimum atomic E-state index is -1.02. The maximum absolute atomic E-state index is 12.7. The quantitative estimate of drug-likeness (QED) is 0.0340. The van der Waals surface area contributed by atoms with Crippen molar-refractivity contribution in [3.05, 3.63) is 48.6 Å². The lowest BCUT2D eigenvalue weighted by molar-refractivity contribution is -0.147. The van der Waals surface area contributed by atoms with Gasteiger partial charge in [-0.25, -0.2) is 4.79 Å². The second-order valence-electron chi connectivity index (χ2n) is 13.7. The van der Waals surface area contributed by atoms with Crippen molar-refractivity contribution in [1.29, 1.82) is 0 Å². The fourth-order valence-corrected chi connectivity index (χ4v) is 5.79. The summed E-state index contributed by atoms with van der Waals surface area (Å²) < 4.78 is 5.89. The lowest BCUT2D eigenvalue weighted by atomic mass is 10.1. The first-order valence-electron chi connectivity index (χ1n) is 20.5. The predicted molar refractivity (Wildman–Crippen MR) is 211 cm³/mol. The van der Waals surface area contributed by atoms with Gasteiger partial charge in [0.15, 0.2) is 0 Å². The molecule has 0 heterocycles. The van der Waals surface area contributed by atoms with Gasteiger partial charge in [-0.2, -0.15) is 0 Å². The topological polar surface area (TPSA) is 119 Å². The highest BCUT2D eigenvalue weighted by atomic mass is 16.5. The molecule has 50 heavy (non-hydrogen) atoms. The van der Waals surface area contributed by atoms with Gasteiger partial charge in [-0.05, 0) is 96.1 Å². The maximum atomic E-state index is 12.7. The van der Waals surface area contributed by atoms with Gasteiger partial charge in [0.1, 0.15) is 12.1 Å². The van der Waals surface area contributed by atoms with E-state index < -0.39 is 12.0 Å². The zero-order valence-corrected chi connectivity index (χ0v) is 32.2. The van der Waals surface area contributed by atoms with Gasteiger partial charge in [-0.3, -0.25) is 9.59 Å². The van der Waals surface area contributed by atoms with Gasteiger partial charge >= 0.3 is 11.9 Å². The molecule has 0 aromatic carbocycles. The molecule has 0 aromatic heterocycles. The van der Waals surface area contributed by atoms with Crippen LogP contribution in [0.15, 0.2) is 48.6 Å². The minimum Gasteiger partial charge on any atom is -0.480 e. The van der Waals surface area contributed by atoms with E-state index in [0.717, 1.165) is 57.8 Å². The number of nitrogens with one attached hydrogen (secondary N) is 1. The molecule has 0 aliphatic heterocycles. The van der Waals surface area contributed by atoms with Crippen LogP contribution < -0.4 is 11.1 Å². The smallest absolute Gasteiger partial charge is 0.326 e. The molecule has 0 saturated heterocycles. The molecule has 0 radical (unpaired) electrons. The molecule has 4 N–H and O–H groups in total. The highest BCUT2D eigenvalue weighted by molar-refractivity contribution is 5.83. The summed E-state index contributed by atoms with van der Waals surface area (Å²) >= 11 is 0. The number of aliphatic carboxylic acids is 1. The van der Waals surface area contributed by atoms with Crippen LogP contribution in [-0.2, 0) is 19.1 Å². The second-order valence-corrected chi connectivity index (χ2v) is 13.7. The van der Waals surface area contributed by atoms with E-state index in [2.05, 4.69) is 61.7 Å². The van der Waals surface area contributed by atoms with E-state index in [1.54, 1.807) is 0 Å². The van der Waals surface area contributed by atoms with Crippen LogP contribution in [0.5, 0.6) is 0 Å². The molecular formula is C43H76N2O5. The van der Waals surface area contributed by atoms with Crippen molar-refractivity contribution >= 4 is 17.8 Å². The Bertz CT molecular complexity index is 926. The Hall–Kier alpha value is -2.67. The Balaban J connectivity index is 4.29. The average molecular weight is 701 g/mol. The lowest BCUT2D eigenvalue weighted by Gasteiger charge is -2.15. The summed E-state index contributed by atoms with van der Waals surface area (Å²) in [4.78, 5) is 36.2. The molecule has 0 spiro atoms. The molecular weight excluding hydrogens is 624 g/mol. The van der Waals surface area contributed by atoms with Crippen molar-refractivity contribution in [2.24, 2.45) is 5.73 Å². The highest BCUT2D eigenvalue weighted by Crippen LogP contribution is 2.15. The van der Waals surface area contributed by atoms with Gasteiger partial charge in [0.2, 0.25) is 5.91 Å². The number of rotatable bonds is 36. The monoisotopic (exact) mass is 701 g/mol. The zero-order valence-electron chi connectivity index (χ0n) is 32.2. The Morgan fingerprint density at radius 1 is 0.620 bits per heavy atom. The van der Waals surface area contributed by atoms with E-state index in [1.165, 1.54) is 83.5 Å². The van der Waals surface area contributed by atoms with Gasteiger partial charge in [0.25, 0.3) is 0 Å². The fourth-order valence-electron chi connectivity index (χ4n) is 5.79. The molecule has 0 saturated carbocycles. The highest BCUT2D eigenvalue weighted by Gasteiger charge is 2.19. The number of carboxylic acids is 1. The van der Waals surface area contributed by atoms with E-state index in [9.17, 15) is 19.5 Å². The molecule has 7 heteroatoms. The third-order valence-electron chi connectivity index (χ3n) is 8.86. The third kappa shape index (κ3) is 33.8. The molecule has 0 bridgehead atoms. The number of carbonyl (C=O) groups is 3. The SMILES string of the molecule is CC/C=C\C/C=C\C/C=C\C(CCCCCCC(=O)NC(CCCN)C(=O)O)OC(=O)CCCCCCCCC/C=C\CCCCCCCC. The summed E-state index contributed by atoms with van der Waals surface area (Å²) in [5.74, 6) is -1.37. The van der Waals surface area contributed by atoms with Gasteiger partial charge in [0, 0.05) is 12.8 Å². The van der Waals surface area contributed by atoms with Crippen LogP contribution in [0.3, 0.4) is 0 Å². The molecule has 2 unspecified atom stereocenters. The number of carboxylic acid groups (broad SMARTS) is 1. The molecule has 7 nitrogen and oxygen atoms in total. The molecule has 0 aliphatic carbocycles. The van der Waals surface area contributed by atoms with Crippen molar-refractivity contribution in [2.45, 2.75) is 199 Å². The standard InChI is InChI=1S/C43H76N2O5/c1-3-5-7-9-11-13-14-15-16-17-18-19-20-21-23-25-31-37-42(47)50-39(33-28-24-22-12-10-8-6-4-2)34-29-26-27-30-36-41(46)45-40(43(48)49)35-32-38-44/h6,8,12,15-16,22,28,33,39-40H,3-5,7,9-11,13-14,17-21,23-27,29-32,34-38,44H2,1-2H3,(H,45,46)(H,48,49)/b8-6-,16-15-,22-12-,33-28-. The lowest BCUT2D eigenvalue weighted by Crippen LogP contribution is -2.40. The van der Waals surface area contributed by atoms with E-state index in [1.807, 2.05) is 6.08 Å². The number of hydrogen-bond donors (Lipinski definition) is 3. The van der Waals surface area contributed by atoms with Crippen LogP contribution in [0.4, 0.5) is 0 Å². The summed E-state index contributed by atoms with van der Waals surface area (Å²) in [6.45, 7) is 4.79. The number of amides is 1. The average Bonchev–Trinajstić information content (AvgIpc) is 3.10. The van der Waals surface area contributed by atoms with Gasteiger partial charge in [-0.15, -0.1) is 0 Å². The van der Waals surface area contributed by atoms with Gasteiger partial charge < -0.3 is 20.9 Å². The van der Waals surface area contributed by atoms with Crippen molar-refractivity contribution in [1.82, 2.24) is 5.32 Å². The van der Waals surface area contributed by atoms with Crippen molar-refractivity contribution in [3.8, 4) is 0 Å². The number of nitrogens with two attached hydrogens (primary N) is 1. The second kappa shape index (κ2) is 37.6. The van der Waals surface area contributed by atoms with E-state index in [-0.39, 0.29) is 18.0 Å². The summed E-state index contributed by atoms with van der Waals surface area (Å²) in [5, 5.41) is 11.9. The van der Waals surface area contributed by atoms with E-state index in [0.29, 0.717) is 38.6 Å². The summed E-state index contributed by atoms with van der Waals surface area (Å²) in [6, 6.07) is -0.877. The third-order valence-corrected chi connectivity index (χ3v) is 8.86. The first-order valence-corrected chi connectivity index (χ1v) is 20.5. The number of allylic oxidation sites excluding steroid dienone is 7. The Labute approximate surface area is 307 Å². The molecule has 288 valence electrons. The van der Waals surface area contributed by atoms with E-state index in [4.69, 9.17) is 10.5 Å². The number of unbranched alkanes of at least 4 members (excludes halogenated alkanes) is 16. The van der Waals surface area contributed by atoms with Crippen LogP contribution >= 0.6 is 0 Å². The van der Waals surface area contributed by atoms with Crippen LogP contribution in [0.1, 0.15) is 187 Å². The maximum Gasteiger partial charge on any atom is 0.326 e. The van der Waals surface area contributed by atoms with Crippen molar-refractivity contribution in [3.63, 3.8) is 0 Å². The predicted octanol–water partition coefficient (Wildman–Crippen LogP) is 11.2. The Kier molecular flexibility index (Phi) is 35.6. The number of ether oxygens (including phenoxy) is 1. The molecule has 0 aliphatic rings. The fraction of sp³-hybridized carbons (Fsp3) is 0.744. The number of hydrogen-bond acceptors (Lipinski definition) is 5. The van der Waals surface area contributed by atoms with Crippen LogP contribution in [-0.4, -0.2) is 41.6 Å². The first kappa shape index (κ1) is 47.3. The number of esters is 1. The molecule has 0 rings (SSSR count). The number of carbonyl (C=O) groups excluding carboxylic acids is 2. The van der Waals surface area contributed by atoms with Gasteiger partial charge in [-0.1, -0.05) is 133 Å². The van der Waals surface area contributed by atoms with E-state index >= 15 is 0 Å². The van der Waals surface area contributed by atoms with Crippen LogP contribution in [0.2, 0.25) is 0 Å². The van der Waals surface area contributed by atoms with Crippen molar-refractivity contribution in [2.75, 3.05) is 6.54 Å². The summed E-state index contributed by atoms with van der Waals surface area (Å²) in [7, 11) is 0. The molecule has 2 atom stereocenters.